The van der Waals surface area contributed by atoms with Gasteiger partial charge in [0.15, 0.2) is 11.6 Å². The van der Waals surface area contributed by atoms with Crippen molar-refractivity contribution in [2.24, 2.45) is 0 Å². The first-order valence-corrected chi connectivity index (χ1v) is 9.18. The Bertz CT molecular complexity index is 1180. The maximum atomic E-state index is 12.9. The van der Waals surface area contributed by atoms with E-state index in [0.29, 0.717) is 29.4 Å². The zero-order chi connectivity index (χ0) is 22.0. The molecule has 0 fully saturated rings. The molecule has 11 heteroatoms. The molecule has 4 aromatic rings. The summed E-state index contributed by atoms with van der Waals surface area (Å²) < 4.78 is 47.1. The average molecular weight is 430 g/mol. The minimum absolute atomic E-state index is 0.0759. The van der Waals surface area contributed by atoms with Crippen LogP contribution in [0.1, 0.15) is 5.56 Å². The highest BCUT2D eigenvalue weighted by Gasteiger charge is 2.31. The van der Waals surface area contributed by atoms with Crippen LogP contribution in [0, 0.1) is 0 Å². The number of nitrogens with zero attached hydrogens (tertiary/aromatic N) is 6. The molecule has 0 bridgehead atoms. The molecule has 1 N–H and O–H groups in total. The molecule has 3 heterocycles. The maximum Gasteiger partial charge on any atom is 0.417 e. The summed E-state index contributed by atoms with van der Waals surface area (Å²) in [7, 11) is 1.53. The third-order valence-electron chi connectivity index (χ3n) is 4.45. The van der Waals surface area contributed by atoms with Crippen LogP contribution in [0.15, 0.2) is 55.0 Å². The van der Waals surface area contributed by atoms with Crippen molar-refractivity contribution in [3.8, 4) is 34.3 Å². The molecule has 0 aliphatic heterocycles. The van der Waals surface area contributed by atoms with Crippen LogP contribution in [-0.2, 0) is 12.7 Å². The van der Waals surface area contributed by atoms with Crippen LogP contribution in [0.4, 0.5) is 13.2 Å². The Morgan fingerprint density at radius 1 is 1.13 bits per heavy atom. The van der Waals surface area contributed by atoms with Gasteiger partial charge in [-0.1, -0.05) is 6.07 Å². The van der Waals surface area contributed by atoms with Gasteiger partial charge in [0, 0.05) is 18.5 Å². The first kappa shape index (κ1) is 20.5. The molecule has 0 unspecified atom stereocenters. The lowest BCUT2D eigenvalue weighted by Gasteiger charge is -2.09. The van der Waals surface area contributed by atoms with Crippen molar-refractivity contribution in [2.45, 2.75) is 12.7 Å². The van der Waals surface area contributed by atoms with E-state index in [1.54, 1.807) is 36.7 Å². The van der Waals surface area contributed by atoms with Crippen molar-refractivity contribution >= 4 is 0 Å². The molecular formula is C20H17F3N6O2. The largest absolute Gasteiger partial charge is 0.497 e. The molecule has 0 aliphatic rings. The molecule has 1 aromatic carbocycles. The second kappa shape index (κ2) is 8.19. The third-order valence-corrected chi connectivity index (χ3v) is 4.45. The SMILES string of the molecule is COc1cccc(-n2nc(-c3cnn(CCO)c3)nc2-c2ccc(C(F)(F)F)cn2)c1. The highest BCUT2D eigenvalue weighted by molar-refractivity contribution is 5.61. The van der Waals surface area contributed by atoms with Gasteiger partial charge in [0.25, 0.3) is 0 Å². The summed E-state index contributed by atoms with van der Waals surface area (Å²) in [5.74, 6) is 1.15. The van der Waals surface area contributed by atoms with E-state index in [9.17, 15) is 13.2 Å². The van der Waals surface area contributed by atoms with Gasteiger partial charge in [0.1, 0.15) is 11.4 Å². The van der Waals surface area contributed by atoms with Crippen molar-refractivity contribution < 1.29 is 23.0 Å². The minimum atomic E-state index is -4.49. The summed E-state index contributed by atoms with van der Waals surface area (Å²) in [4.78, 5) is 8.46. The van der Waals surface area contributed by atoms with Crippen LogP contribution in [0.3, 0.4) is 0 Å². The Kier molecular flexibility index (Phi) is 5.42. The molecule has 8 nitrogen and oxygen atoms in total. The highest BCUT2D eigenvalue weighted by Crippen LogP contribution is 2.31. The van der Waals surface area contributed by atoms with Crippen molar-refractivity contribution in [1.82, 2.24) is 29.5 Å². The number of aliphatic hydroxyl groups is 1. The van der Waals surface area contributed by atoms with Gasteiger partial charge in [-0.2, -0.15) is 18.3 Å². The number of methoxy groups -OCH3 is 1. The summed E-state index contributed by atoms with van der Waals surface area (Å²) >= 11 is 0. The van der Waals surface area contributed by atoms with Gasteiger partial charge in [-0.3, -0.25) is 9.67 Å². The summed E-state index contributed by atoms with van der Waals surface area (Å²) in [5, 5.41) is 17.7. The number of aromatic nitrogens is 6. The first-order valence-electron chi connectivity index (χ1n) is 9.18. The lowest BCUT2D eigenvalue weighted by atomic mass is 10.2. The summed E-state index contributed by atoms with van der Waals surface area (Å²) in [6.07, 6.45) is -0.506. The Morgan fingerprint density at radius 3 is 2.65 bits per heavy atom. The monoisotopic (exact) mass is 430 g/mol. The number of aliphatic hydroxyl groups excluding tert-OH is 1. The van der Waals surface area contributed by atoms with Crippen LogP contribution >= 0.6 is 0 Å². The molecule has 160 valence electrons. The zero-order valence-corrected chi connectivity index (χ0v) is 16.3. The van der Waals surface area contributed by atoms with E-state index in [-0.39, 0.29) is 18.1 Å². The molecule has 0 aliphatic carbocycles. The molecule has 0 spiro atoms. The van der Waals surface area contributed by atoms with Gasteiger partial charge in [0.05, 0.1) is 43.3 Å². The van der Waals surface area contributed by atoms with E-state index in [4.69, 9.17) is 9.84 Å². The summed E-state index contributed by atoms with van der Waals surface area (Å²) in [6, 6.07) is 9.22. The Morgan fingerprint density at radius 2 is 1.97 bits per heavy atom. The second-order valence-corrected chi connectivity index (χ2v) is 6.52. The van der Waals surface area contributed by atoms with E-state index in [2.05, 4.69) is 20.2 Å². The van der Waals surface area contributed by atoms with Gasteiger partial charge in [0.2, 0.25) is 0 Å². The molecule has 0 saturated heterocycles. The Labute approximate surface area is 174 Å². The normalized spacial score (nSPS) is 11.6. The minimum Gasteiger partial charge on any atom is -0.497 e. The zero-order valence-electron chi connectivity index (χ0n) is 16.3. The quantitative estimate of drug-likeness (QED) is 0.505. The molecular weight excluding hydrogens is 413 g/mol. The van der Waals surface area contributed by atoms with Crippen LogP contribution in [0.5, 0.6) is 5.75 Å². The number of benzene rings is 1. The van der Waals surface area contributed by atoms with Crippen LogP contribution < -0.4 is 4.74 Å². The topological polar surface area (TPSA) is 90.9 Å². The van der Waals surface area contributed by atoms with E-state index in [1.807, 2.05) is 0 Å². The van der Waals surface area contributed by atoms with Crippen LogP contribution in [0.25, 0.3) is 28.6 Å². The Balaban J connectivity index is 1.82. The predicted octanol–water partition coefficient (Wildman–Crippen LogP) is 3.21. The lowest BCUT2D eigenvalue weighted by molar-refractivity contribution is -0.137. The number of alkyl halides is 3. The number of halogens is 3. The maximum absolute atomic E-state index is 12.9. The fraction of sp³-hybridized carbons (Fsp3) is 0.200. The van der Waals surface area contributed by atoms with Gasteiger partial charge in [-0.25, -0.2) is 9.67 Å². The van der Waals surface area contributed by atoms with Crippen molar-refractivity contribution in [3.63, 3.8) is 0 Å². The van der Waals surface area contributed by atoms with Gasteiger partial charge in [-0.05, 0) is 24.3 Å². The standard InChI is InChI=1S/C20H17F3N6O2/c1-31-16-4-2-3-15(9-16)29-19(17-6-5-14(11-24-17)20(21,22)23)26-18(27-29)13-10-25-28(12-13)7-8-30/h2-6,9-12,30H,7-8H2,1H3. The van der Waals surface area contributed by atoms with Crippen LogP contribution in [-0.4, -0.2) is 48.4 Å². The predicted molar refractivity (Wildman–Crippen MR) is 104 cm³/mol. The molecule has 3 aromatic heterocycles. The van der Waals surface area contributed by atoms with E-state index < -0.39 is 11.7 Å². The number of ether oxygens (including phenoxy) is 1. The fourth-order valence-electron chi connectivity index (χ4n) is 2.92. The average Bonchev–Trinajstić information content (AvgIpc) is 3.41. The van der Waals surface area contributed by atoms with Gasteiger partial charge >= 0.3 is 6.18 Å². The van der Waals surface area contributed by atoms with Gasteiger partial charge in [-0.15, -0.1) is 5.10 Å². The summed E-state index contributed by atoms with van der Waals surface area (Å²) in [5.41, 5.74) is 0.548. The van der Waals surface area contributed by atoms with Crippen molar-refractivity contribution in [1.29, 1.82) is 0 Å². The smallest absolute Gasteiger partial charge is 0.417 e. The van der Waals surface area contributed by atoms with Crippen molar-refractivity contribution in [2.75, 3.05) is 13.7 Å². The summed E-state index contributed by atoms with van der Waals surface area (Å²) in [6.45, 7) is 0.234. The number of pyridine rings is 1. The van der Waals surface area contributed by atoms with Gasteiger partial charge < -0.3 is 9.84 Å². The molecule has 0 amide bonds. The highest BCUT2D eigenvalue weighted by atomic mass is 19.4. The number of hydrogen-bond acceptors (Lipinski definition) is 6. The molecule has 4 rings (SSSR count). The molecule has 0 radical (unpaired) electrons. The first-order chi connectivity index (χ1) is 14.9. The second-order valence-electron chi connectivity index (χ2n) is 6.52. The number of hydrogen-bond donors (Lipinski definition) is 1. The Hall–Kier alpha value is -3.73. The number of rotatable bonds is 6. The fourth-order valence-corrected chi connectivity index (χ4v) is 2.92. The van der Waals surface area contributed by atoms with E-state index >= 15 is 0 Å². The van der Waals surface area contributed by atoms with E-state index in [1.165, 1.54) is 22.5 Å². The van der Waals surface area contributed by atoms with Crippen molar-refractivity contribution in [3.05, 3.63) is 60.6 Å². The lowest BCUT2D eigenvalue weighted by Crippen LogP contribution is -2.06. The third kappa shape index (κ3) is 4.26. The molecule has 0 saturated carbocycles. The molecule has 31 heavy (non-hydrogen) atoms. The van der Waals surface area contributed by atoms with E-state index in [0.717, 1.165) is 12.3 Å². The molecule has 0 atom stereocenters. The van der Waals surface area contributed by atoms with Crippen LogP contribution in [0.2, 0.25) is 0 Å².